The van der Waals surface area contributed by atoms with E-state index in [1.165, 1.54) is 4.68 Å². The predicted molar refractivity (Wildman–Crippen MR) is 128 cm³/mol. The van der Waals surface area contributed by atoms with Crippen molar-refractivity contribution in [3.63, 3.8) is 0 Å². The van der Waals surface area contributed by atoms with Gasteiger partial charge in [0.1, 0.15) is 11.4 Å². The summed E-state index contributed by atoms with van der Waals surface area (Å²) in [4.78, 5) is 17.5. The number of hydrogen-bond donors (Lipinski definition) is 1. The van der Waals surface area contributed by atoms with Gasteiger partial charge in [0.25, 0.3) is 0 Å². The molecule has 162 valence electrons. The van der Waals surface area contributed by atoms with Crippen molar-refractivity contribution >= 4 is 17.3 Å². The van der Waals surface area contributed by atoms with E-state index < -0.39 is 5.56 Å². The first-order valence-electron chi connectivity index (χ1n) is 10.1. The summed E-state index contributed by atoms with van der Waals surface area (Å²) in [6.07, 6.45) is 6.49. The fourth-order valence-electron chi connectivity index (χ4n) is 3.43. The van der Waals surface area contributed by atoms with Crippen LogP contribution < -0.4 is 16.0 Å². The lowest BCUT2D eigenvalue weighted by molar-refractivity contribution is 0.464. The molecule has 0 amide bonds. The molecular weight excluding hydrogens is 438 g/mol. The van der Waals surface area contributed by atoms with Crippen LogP contribution in [0.4, 0.5) is 5.69 Å². The van der Waals surface area contributed by atoms with Gasteiger partial charge in [0, 0.05) is 23.1 Å². The van der Waals surface area contributed by atoms with Crippen LogP contribution in [0.15, 0.2) is 103 Å². The summed E-state index contributed by atoms with van der Waals surface area (Å²) >= 11 is 5.99. The highest BCUT2D eigenvalue weighted by atomic mass is 35.5. The van der Waals surface area contributed by atoms with Gasteiger partial charge in [-0.05, 0) is 59.7 Å². The molecule has 8 heteroatoms. The highest BCUT2D eigenvalue weighted by molar-refractivity contribution is 6.30. The summed E-state index contributed by atoms with van der Waals surface area (Å²) < 4.78 is 9.04. The Morgan fingerprint density at radius 2 is 1.73 bits per heavy atom. The van der Waals surface area contributed by atoms with Crippen molar-refractivity contribution in [2.24, 2.45) is 0 Å². The molecule has 0 atom stereocenters. The van der Waals surface area contributed by atoms with Crippen LogP contribution in [0.25, 0.3) is 22.5 Å². The summed E-state index contributed by atoms with van der Waals surface area (Å²) in [5.41, 5.74) is 9.20. The van der Waals surface area contributed by atoms with Gasteiger partial charge in [-0.2, -0.15) is 9.78 Å². The van der Waals surface area contributed by atoms with Crippen molar-refractivity contribution in [2.45, 2.75) is 0 Å². The molecule has 0 aliphatic carbocycles. The van der Waals surface area contributed by atoms with Crippen molar-refractivity contribution in [3.8, 4) is 34.0 Å². The highest BCUT2D eigenvalue weighted by Crippen LogP contribution is 2.28. The number of imidazole rings is 1. The van der Waals surface area contributed by atoms with Gasteiger partial charge in [0.15, 0.2) is 0 Å². The van der Waals surface area contributed by atoms with Crippen molar-refractivity contribution in [1.29, 1.82) is 0 Å². The number of nitrogens with two attached hydrogens (primary N) is 1. The molecule has 0 bridgehead atoms. The average molecular weight is 456 g/mol. The third-order valence-electron chi connectivity index (χ3n) is 5.06. The number of nitrogens with zero attached hydrogens (tertiary/aromatic N) is 4. The van der Waals surface area contributed by atoms with Crippen LogP contribution in [0, 0.1) is 0 Å². The van der Waals surface area contributed by atoms with Gasteiger partial charge >= 0.3 is 5.56 Å². The summed E-state index contributed by atoms with van der Waals surface area (Å²) in [6.45, 7) is 0. The third-order valence-corrected chi connectivity index (χ3v) is 5.31. The maximum atomic E-state index is 13.4. The molecule has 0 saturated carbocycles. The zero-order chi connectivity index (χ0) is 22.8. The molecule has 0 radical (unpaired) electrons. The van der Waals surface area contributed by atoms with Crippen molar-refractivity contribution in [1.82, 2.24) is 19.3 Å². The molecule has 2 N–H and O–H groups in total. The molecule has 0 saturated heterocycles. The van der Waals surface area contributed by atoms with E-state index in [-0.39, 0.29) is 5.75 Å². The molecule has 0 aliphatic rings. The molecule has 0 fully saturated rings. The molecule has 0 unspecified atom stereocenters. The van der Waals surface area contributed by atoms with Crippen molar-refractivity contribution < 1.29 is 4.74 Å². The molecule has 2 heterocycles. The molecule has 3 aromatic carbocycles. The molecule has 0 aliphatic heterocycles. The number of anilines is 1. The molecule has 2 aromatic heterocycles. The van der Waals surface area contributed by atoms with Gasteiger partial charge in [0.2, 0.25) is 5.75 Å². The summed E-state index contributed by atoms with van der Waals surface area (Å²) in [7, 11) is 0. The van der Waals surface area contributed by atoms with Crippen LogP contribution in [-0.4, -0.2) is 19.3 Å². The Morgan fingerprint density at radius 1 is 0.939 bits per heavy atom. The Bertz CT molecular complexity index is 1460. The zero-order valence-corrected chi connectivity index (χ0v) is 18.1. The Kier molecular flexibility index (Phi) is 5.38. The van der Waals surface area contributed by atoms with Crippen LogP contribution >= 0.6 is 11.6 Å². The number of ether oxygens (including phenoxy) is 1. The molecule has 5 rings (SSSR count). The van der Waals surface area contributed by atoms with E-state index in [9.17, 15) is 4.79 Å². The topological polar surface area (TPSA) is 88.0 Å². The second-order valence-corrected chi connectivity index (χ2v) is 7.71. The van der Waals surface area contributed by atoms with E-state index in [4.69, 9.17) is 22.1 Å². The van der Waals surface area contributed by atoms with Gasteiger partial charge in [-0.3, -0.25) is 4.79 Å². The van der Waals surface area contributed by atoms with E-state index in [0.29, 0.717) is 27.8 Å². The number of rotatable bonds is 5. The zero-order valence-electron chi connectivity index (χ0n) is 17.3. The predicted octanol–water partition coefficient (Wildman–Crippen LogP) is 5.11. The average Bonchev–Trinajstić information content (AvgIpc) is 3.36. The Balaban J connectivity index is 1.55. The first-order valence-corrected chi connectivity index (χ1v) is 10.5. The highest BCUT2D eigenvalue weighted by Gasteiger charge is 2.17. The standard InChI is InChI=1S/C25H18ClN5O2/c26-19-6-8-21(9-7-19)31-25(32)24(23(15-29-31)30-13-12-28-16-30)33-22-10-4-17(5-11-22)18-2-1-3-20(27)14-18/h1-16H,27H2. The monoisotopic (exact) mass is 455 g/mol. The summed E-state index contributed by atoms with van der Waals surface area (Å²) in [6, 6.07) is 21.9. The van der Waals surface area contributed by atoms with E-state index in [1.54, 1.807) is 53.8 Å². The van der Waals surface area contributed by atoms with Gasteiger partial charge in [-0.1, -0.05) is 35.9 Å². The summed E-state index contributed by atoms with van der Waals surface area (Å²) in [5.74, 6) is 0.629. The first kappa shape index (κ1) is 20.5. The largest absolute Gasteiger partial charge is 0.449 e. The normalized spacial score (nSPS) is 10.8. The van der Waals surface area contributed by atoms with Crippen LogP contribution in [0.5, 0.6) is 11.5 Å². The van der Waals surface area contributed by atoms with Crippen molar-refractivity contribution in [2.75, 3.05) is 5.73 Å². The second-order valence-electron chi connectivity index (χ2n) is 7.27. The van der Waals surface area contributed by atoms with Gasteiger partial charge in [-0.15, -0.1) is 0 Å². The van der Waals surface area contributed by atoms with Crippen LogP contribution in [0.1, 0.15) is 0 Å². The molecule has 5 aromatic rings. The maximum absolute atomic E-state index is 13.4. The molecule has 7 nitrogen and oxygen atoms in total. The smallest absolute Gasteiger partial charge is 0.316 e. The number of hydrogen-bond acceptors (Lipinski definition) is 5. The molecule has 33 heavy (non-hydrogen) atoms. The lowest BCUT2D eigenvalue weighted by Crippen LogP contribution is -2.23. The maximum Gasteiger partial charge on any atom is 0.316 e. The minimum Gasteiger partial charge on any atom is -0.449 e. The summed E-state index contributed by atoms with van der Waals surface area (Å²) in [5, 5.41) is 4.89. The van der Waals surface area contributed by atoms with Gasteiger partial charge < -0.3 is 15.0 Å². The van der Waals surface area contributed by atoms with E-state index >= 15 is 0 Å². The Labute approximate surface area is 194 Å². The van der Waals surface area contributed by atoms with E-state index in [0.717, 1.165) is 11.1 Å². The minimum absolute atomic E-state index is 0.120. The molecular formula is C25H18ClN5O2. The lowest BCUT2D eigenvalue weighted by atomic mass is 10.1. The number of benzene rings is 3. The fourth-order valence-corrected chi connectivity index (χ4v) is 3.55. The Hall–Kier alpha value is -4.36. The number of aromatic nitrogens is 4. The van der Waals surface area contributed by atoms with Crippen LogP contribution in [0.3, 0.4) is 0 Å². The Morgan fingerprint density at radius 3 is 2.42 bits per heavy atom. The molecule has 0 spiro atoms. The van der Waals surface area contributed by atoms with Crippen LogP contribution in [-0.2, 0) is 0 Å². The first-order chi connectivity index (χ1) is 16.1. The van der Waals surface area contributed by atoms with Gasteiger partial charge in [0.05, 0.1) is 18.2 Å². The third kappa shape index (κ3) is 4.22. The minimum atomic E-state index is -0.413. The lowest BCUT2D eigenvalue weighted by Gasteiger charge is -2.14. The second kappa shape index (κ2) is 8.64. The van der Waals surface area contributed by atoms with Gasteiger partial charge in [-0.25, -0.2) is 4.98 Å². The van der Waals surface area contributed by atoms with E-state index in [2.05, 4.69) is 10.1 Å². The van der Waals surface area contributed by atoms with Crippen molar-refractivity contribution in [3.05, 3.63) is 113 Å². The fraction of sp³-hybridized carbons (Fsp3) is 0. The quantitative estimate of drug-likeness (QED) is 0.372. The van der Waals surface area contributed by atoms with Crippen LogP contribution in [0.2, 0.25) is 5.02 Å². The SMILES string of the molecule is Nc1cccc(-c2ccc(Oc3c(-n4ccnc4)cnn(-c4ccc(Cl)cc4)c3=O)cc2)c1. The van der Waals surface area contributed by atoms with E-state index in [1.807, 2.05) is 48.5 Å². The number of nitrogen functional groups attached to an aromatic ring is 1. The number of halogens is 1.